The highest BCUT2D eigenvalue weighted by atomic mass is 16.5. The number of benzene rings is 1. The van der Waals surface area contributed by atoms with Crippen molar-refractivity contribution in [3.05, 3.63) is 48.2 Å². The zero-order chi connectivity index (χ0) is 19.3. The molecule has 0 aliphatic heterocycles. The monoisotopic (exact) mass is 372 g/mol. The van der Waals surface area contributed by atoms with E-state index in [0.29, 0.717) is 31.6 Å². The molecule has 0 amide bonds. The van der Waals surface area contributed by atoms with Crippen molar-refractivity contribution in [1.82, 2.24) is 10.3 Å². The van der Waals surface area contributed by atoms with Gasteiger partial charge in [0.05, 0.1) is 20.3 Å². The van der Waals surface area contributed by atoms with E-state index >= 15 is 0 Å². The van der Waals surface area contributed by atoms with E-state index in [9.17, 15) is 0 Å². The van der Waals surface area contributed by atoms with Gasteiger partial charge in [-0.05, 0) is 25.1 Å². The van der Waals surface area contributed by atoms with Gasteiger partial charge in [-0.25, -0.2) is 9.98 Å². The third kappa shape index (κ3) is 7.15. The maximum atomic E-state index is 5.74. The Balaban J connectivity index is 2.02. The summed E-state index contributed by atoms with van der Waals surface area (Å²) in [5.41, 5.74) is 1.82. The first-order valence-electron chi connectivity index (χ1n) is 9.01. The van der Waals surface area contributed by atoms with Crippen molar-refractivity contribution >= 4 is 11.6 Å². The second-order valence-electron chi connectivity index (χ2n) is 5.71. The van der Waals surface area contributed by atoms with Gasteiger partial charge in [0, 0.05) is 50.2 Å². The third-order valence-electron chi connectivity index (χ3n) is 3.65. The predicted octanol–water partition coefficient (Wildman–Crippen LogP) is 3.08. The summed E-state index contributed by atoms with van der Waals surface area (Å²) < 4.78 is 16.1. The minimum Gasteiger partial charge on any atom is -0.493 e. The fraction of sp³-hybridized carbons (Fsp3) is 0.400. The van der Waals surface area contributed by atoms with E-state index in [1.54, 1.807) is 20.4 Å². The first-order chi connectivity index (χ1) is 13.3. The summed E-state index contributed by atoms with van der Waals surface area (Å²) in [7, 11) is 3.30. The van der Waals surface area contributed by atoms with Crippen LogP contribution in [0.4, 0.5) is 5.69 Å². The summed E-state index contributed by atoms with van der Waals surface area (Å²) in [5.74, 6) is 2.07. The minimum atomic E-state index is 0.458. The molecular weight excluding hydrogens is 344 g/mol. The van der Waals surface area contributed by atoms with E-state index in [0.717, 1.165) is 30.0 Å². The number of nitrogens with zero attached hydrogens (tertiary/aromatic N) is 2. The lowest BCUT2D eigenvalue weighted by molar-refractivity contribution is 0.172. The molecule has 7 heteroatoms. The van der Waals surface area contributed by atoms with Crippen LogP contribution < -0.4 is 20.1 Å². The normalized spacial score (nSPS) is 11.1. The lowest BCUT2D eigenvalue weighted by Crippen LogP contribution is -2.30. The molecular formula is C20H28N4O3. The molecule has 27 heavy (non-hydrogen) atoms. The smallest absolute Gasteiger partial charge is 0.218 e. The van der Waals surface area contributed by atoms with Crippen LogP contribution in [0.25, 0.3) is 0 Å². The third-order valence-corrected chi connectivity index (χ3v) is 3.65. The van der Waals surface area contributed by atoms with Crippen LogP contribution in [-0.4, -0.2) is 44.9 Å². The molecule has 0 bridgehead atoms. The first-order valence-corrected chi connectivity index (χ1v) is 9.01. The number of ether oxygens (including phenoxy) is 3. The summed E-state index contributed by atoms with van der Waals surface area (Å²) in [6.45, 7) is 4.54. The average molecular weight is 372 g/mol. The highest BCUT2D eigenvalue weighted by Crippen LogP contribution is 2.18. The Hall–Kier alpha value is -2.80. The fourth-order valence-corrected chi connectivity index (χ4v) is 2.39. The van der Waals surface area contributed by atoms with Gasteiger partial charge in [-0.2, -0.15) is 0 Å². The van der Waals surface area contributed by atoms with Crippen LogP contribution in [0.15, 0.2) is 47.6 Å². The number of aromatic nitrogens is 1. The summed E-state index contributed by atoms with van der Waals surface area (Å²) in [6.07, 6.45) is 2.55. The Labute approximate surface area is 160 Å². The van der Waals surface area contributed by atoms with Gasteiger partial charge in [0.25, 0.3) is 0 Å². The van der Waals surface area contributed by atoms with E-state index in [1.807, 2.05) is 43.3 Å². The minimum absolute atomic E-state index is 0.458. The molecule has 0 spiro atoms. The van der Waals surface area contributed by atoms with Crippen LogP contribution in [0.2, 0.25) is 0 Å². The number of guanidine groups is 1. The fourth-order valence-electron chi connectivity index (χ4n) is 2.39. The van der Waals surface area contributed by atoms with Crippen LogP contribution in [0.1, 0.15) is 18.9 Å². The molecule has 0 fully saturated rings. The van der Waals surface area contributed by atoms with Gasteiger partial charge in [0.15, 0.2) is 5.96 Å². The molecule has 7 nitrogen and oxygen atoms in total. The van der Waals surface area contributed by atoms with Crippen LogP contribution in [0.3, 0.4) is 0 Å². The summed E-state index contributed by atoms with van der Waals surface area (Å²) in [6, 6.07) is 11.6. The number of methoxy groups -OCH3 is 2. The molecule has 146 valence electrons. The zero-order valence-corrected chi connectivity index (χ0v) is 16.2. The maximum absolute atomic E-state index is 5.74. The molecule has 1 aromatic carbocycles. The highest BCUT2D eigenvalue weighted by Gasteiger charge is 2.05. The first kappa shape index (κ1) is 20.5. The standard InChI is InChI=1S/C20H28N4O3/c1-4-21-20(23-15-16-8-6-11-22-19(16)26-3)24-17-9-5-10-18(14-17)27-13-7-12-25-2/h5-6,8-11,14H,4,7,12-13,15H2,1-3H3,(H2,21,23,24). The van der Waals surface area contributed by atoms with Gasteiger partial charge >= 0.3 is 0 Å². The molecule has 2 aromatic rings. The molecule has 0 unspecified atom stereocenters. The summed E-state index contributed by atoms with van der Waals surface area (Å²) in [4.78, 5) is 8.82. The van der Waals surface area contributed by atoms with Gasteiger partial charge in [-0.3, -0.25) is 0 Å². The summed E-state index contributed by atoms with van der Waals surface area (Å²) >= 11 is 0. The highest BCUT2D eigenvalue weighted by molar-refractivity contribution is 5.93. The van der Waals surface area contributed by atoms with Crippen LogP contribution in [-0.2, 0) is 11.3 Å². The Morgan fingerprint density at radius 3 is 2.81 bits per heavy atom. The number of nitrogens with one attached hydrogen (secondary N) is 2. The van der Waals surface area contributed by atoms with Gasteiger partial charge in [-0.1, -0.05) is 12.1 Å². The van der Waals surface area contributed by atoms with Gasteiger partial charge in [-0.15, -0.1) is 0 Å². The van der Waals surface area contributed by atoms with Gasteiger partial charge in [0.2, 0.25) is 5.88 Å². The van der Waals surface area contributed by atoms with Gasteiger partial charge < -0.3 is 24.8 Å². The van der Waals surface area contributed by atoms with Crippen molar-refractivity contribution < 1.29 is 14.2 Å². The van der Waals surface area contributed by atoms with E-state index in [1.165, 1.54) is 0 Å². The largest absolute Gasteiger partial charge is 0.493 e. The summed E-state index contributed by atoms with van der Waals surface area (Å²) in [5, 5.41) is 6.54. The van der Waals surface area contributed by atoms with E-state index < -0.39 is 0 Å². The van der Waals surface area contributed by atoms with Crippen molar-refractivity contribution in [2.75, 3.05) is 39.3 Å². The Morgan fingerprint density at radius 1 is 1.15 bits per heavy atom. The van der Waals surface area contributed by atoms with E-state index in [-0.39, 0.29) is 0 Å². The van der Waals surface area contributed by atoms with Crippen molar-refractivity contribution in [3.8, 4) is 11.6 Å². The number of rotatable bonds is 10. The van der Waals surface area contributed by atoms with Crippen LogP contribution >= 0.6 is 0 Å². The number of hydrogen-bond acceptors (Lipinski definition) is 5. The Morgan fingerprint density at radius 2 is 2.04 bits per heavy atom. The quantitative estimate of drug-likeness (QED) is 0.379. The zero-order valence-electron chi connectivity index (χ0n) is 16.2. The lowest BCUT2D eigenvalue weighted by Gasteiger charge is -2.13. The maximum Gasteiger partial charge on any atom is 0.218 e. The molecule has 0 saturated carbocycles. The average Bonchev–Trinajstić information content (AvgIpc) is 2.70. The van der Waals surface area contributed by atoms with Gasteiger partial charge in [0.1, 0.15) is 5.75 Å². The molecule has 1 heterocycles. The SMILES string of the molecule is CCNC(=NCc1cccnc1OC)Nc1cccc(OCCCOC)c1. The number of anilines is 1. The molecule has 2 rings (SSSR count). The molecule has 0 atom stereocenters. The Kier molecular flexibility index (Phi) is 8.92. The van der Waals surface area contributed by atoms with Crippen molar-refractivity contribution in [3.63, 3.8) is 0 Å². The molecule has 0 radical (unpaired) electrons. The van der Waals surface area contributed by atoms with Crippen molar-refractivity contribution in [2.24, 2.45) is 4.99 Å². The Bertz CT molecular complexity index is 722. The van der Waals surface area contributed by atoms with E-state index in [2.05, 4.69) is 20.6 Å². The molecule has 0 aliphatic rings. The topological polar surface area (TPSA) is 77.0 Å². The van der Waals surface area contributed by atoms with Crippen LogP contribution in [0, 0.1) is 0 Å². The molecule has 0 saturated heterocycles. The number of hydrogen-bond donors (Lipinski definition) is 2. The number of pyridine rings is 1. The van der Waals surface area contributed by atoms with Crippen LogP contribution in [0.5, 0.6) is 11.6 Å². The predicted molar refractivity (Wildman–Crippen MR) is 108 cm³/mol. The second-order valence-corrected chi connectivity index (χ2v) is 5.71. The number of aliphatic imine (C=N–C) groups is 1. The van der Waals surface area contributed by atoms with E-state index in [4.69, 9.17) is 14.2 Å². The lowest BCUT2D eigenvalue weighted by atomic mass is 10.3. The molecule has 2 N–H and O–H groups in total. The van der Waals surface area contributed by atoms with Crippen molar-refractivity contribution in [2.45, 2.75) is 19.9 Å². The molecule has 1 aromatic heterocycles. The second kappa shape index (κ2) is 11.7. The molecule has 0 aliphatic carbocycles. The van der Waals surface area contributed by atoms with Crippen molar-refractivity contribution in [1.29, 1.82) is 0 Å².